The molecule has 0 aliphatic heterocycles. The zero-order valence-electron chi connectivity index (χ0n) is 11.7. The zero-order valence-corrected chi connectivity index (χ0v) is 13.3. The SMILES string of the molecule is CS(=O)(=O)Cc1ccc(C(=O)NCCc2cccs2)cc1. The van der Waals surface area contributed by atoms with Gasteiger partial charge in [-0.25, -0.2) is 8.42 Å². The van der Waals surface area contributed by atoms with Crippen molar-refractivity contribution in [2.45, 2.75) is 12.2 Å². The largest absolute Gasteiger partial charge is 0.352 e. The summed E-state index contributed by atoms with van der Waals surface area (Å²) in [6.07, 6.45) is 2.01. The fraction of sp³-hybridized carbons (Fsp3) is 0.267. The normalized spacial score (nSPS) is 11.3. The Hall–Kier alpha value is -1.66. The van der Waals surface area contributed by atoms with Crippen LogP contribution < -0.4 is 5.32 Å². The minimum Gasteiger partial charge on any atom is -0.352 e. The number of rotatable bonds is 6. The Kier molecular flexibility index (Phi) is 5.14. The van der Waals surface area contributed by atoms with E-state index in [2.05, 4.69) is 5.32 Å². The maximum absolute atomic E-state index is 11.9. The van der Waals surface area contributed by atoms with Gasteiger partial charge in [-0.05, 0) is 35.6 Å². The van der Waals surface area contributed by atoms with E-state index in [1.54, 1.807) is 35.6 Å². The summed E-state index contributed by atoms with van der Waals surface area (Å²) in [6.45, 7) is 0.588. The van der Waals surface area contributed by atoms with E-state index in [9.17, 15) is 13.2 Å². The number of thiophene rings is 1. The first kappa shape index (κ1) is 15.7. The molecule has 0 atom stereocenters. The van der Waals surface area contributed by atoms with E-state index in [1.165, 1.54) is 11.1 Å². The number of hydrogen-bond donors (Lipinski definition) is 1. The van der Waals surface area contributed by atoms with Gasteiger partial charge in [0.1, 0.15) is 0 Å². The highest BCUT2D eigenvalue weighted by Crippen LogP contribution is 2.09. The molecule has 112 valence electrons. The van der Waals surface area contributed by atoms with Gasteiger partial charge < -0.3 is 5.32 Å². The Morgan fingerprint density at radius 1 is 1.19 bits per heavy atom. The van der Waals surface area contributed by atoms with Crippen molar-refractivity contribution in [3.05, 3.63) is 57.8 Å². The second-order valence-corrected chi connectivity index (χ2v) is 8.02. The molecule has 2 rings (SSSR count). The molecule has 0 aliphatic carbocycles. The van der Waals surface area contributed by atoms with Gasteiger partial charge in [-0.3, -0.25) is 4.79 Å². The molecule has 0 saturated carbocycles. The first-order valence-electron chi connectivity index (χ1n) is 6.51. The van der Waals surface area contributed by atoms with Crippen molar-refractivity contribution in [3.63, 3.8) is 0 Å². The van der Waals surface area contributed by atoms with Gasteiger partial charge in [0.25, 0.3) is 5.91 Å². The van der Waals surface area contributed by atoms with E-state index in [1.807, 2.05) is 17.5 Å². The summed E-state index contributed by atoms with van der Waals surface area (Å²) in [5.74, 6) is -0.148. The van der Waals surface area contributed by atoms with E-state index in [-0.39, 0.29) is 11.7 Å². The van der Waals surface area contributed by atoms with E-state index < -0.39 is 9.84 Å². The van der Waals surface area contributed by atoms with Crippen molar-refractivity contribution in [2.24, 2.45) is 0 Å². The van der Waals surface area contributed by atoms with Crippen LogP contribution >= 0.6 is 11.3 Å². The van der Waals surface area contributed by atoms with Crippen molar-refractivity contribution in [2.75, 3.05) is 12.8 Å². The number of amides is 1. The Morgan fingerprint density at radius 2 is 1.90 bits per heavy atom. The lowest BCUT2D eigenvalue weighted by Crippen LogP contribution is -2.25. The lowest BCUT2D eigenvalue weighted by molar-refractivity contribution is 0.0954. The van der Waals surface area contributed by atoms with Crippen LogP contribution in [0.25, 0.3) is 0 Å². The first-order valence-corrected chi connectivity index (χ1v) is 9.45. The van der Waals surface area contributed by atoms with Gasteiger partial charge in [0.05, 0.1) is 5.75 Å². The highest BCUT2D eigenvalue weighted by Gasteiger charge is 2.07. The van der Waals surface area contributed by atoms with Crippen molar-refractivity contribution < 1.29 is 13.2 Å². The fourth-order valence-corrected chi connectivity index (χ4v) is 3.42. The smallest absolute Gasteiger partial charge is 0.251 e. The molecule has 1 amide bonds. The van der Waals surface area contributed by atoms with Crippen LogP contribution in [0.1, 0.15) is 20.8 Å². The average molecular weight is 323 g/mol. The second-order valence-electron chi connectivity index (χ2n) is 4.85. The molecule has 0 radical (unpaired) electrons. The molecule has 1 aromatic carbocycles. The van der Waals surface area contributed by atoms with Gasteiger partial charge >= 0.3 is 0 Å². The van der Waals surface area contributed by atoms with Gasteiger partial charge in [0, 0.05) is 23.2 Å². The summed E-state index contributed by atoms with van der Waals surface area (Å²) in [4.78, 5) is 13.2. The minimum atomic E-state index is -3.05. The molecular formula is C15H17NO3S2. The molecule has 4 nitrogen and oxygen atoms in total. The number of hydrogen-bond acceptors (Lipinski definition) is 4. The monoisotopic (exact) mass is 323 g/mol. The van der Waals surface area contributed by atoms with E-state index in [4.69, 9.17) is 0 Å². The summed E-state index contributed by atoms with van der Waals surface area (Å²) in [5, 5.41) is 4.87. The molecule has 0 bridgehead atoms. The summed E-state index contributed by atoms with van der Waals surface area (Å²) in [5.41, 5.74) is 1.23. The maximum Gasteiger partial charge on any atom is 0.251 e. The van der Waals surface area contributed by atoms with Gasteiger partial charge in [-0.1, -0.05) is 18.2 Å². The molecule has 0 fully saturated rings. The van der Waals surface area contributed by atoms with Gasteiger partial charge in [0.15, 0.2) is 9.84 Å². The number of sulfone groups is 1. The second kappa shape index (κ2) is 6.87. The van der Waals surface area contributed by atoms with Crippen LogP contribution in [0.15, 0.2) is 41.8 Å². The van der Waals surface area contributed by atoms with Crippen LogP contribution in [0.2, 0.25) is 0 Å². The van der Waals surface area contributed by atoms with Gasteiger partial charge in [-0.15, -0.1) is 11.3 Å². The van der Waals surface area contributed by atoms with Crippen LogP contribution in [-0.4, -0.2) is 27.1 Å². The van der Waals surface area contributed by atoms with Crippen LogP contribution in [0.5, 0.6) is 0 Å². The fourth-order valence-electron chi connectivity index (χ4n) is 1.91. The molecule has 0 saturated heterocycles. The van der Waals surface area contributed by atoms with E-state index in [0.29, 0.717) is 17.7 Å². The van der Waals surface area contributed by atoms with Crippen LogP contribution in [-0.2, 0) is 22.0 Å². The Morgan fingerprint density at radius 3 is 2.48 bits per heavy atom. The van der Waals surface area contributed by atoms with Crippen molar-refractivity contribution >= 4 is 27.1 Å². The third-order valence-electron chi connectivity index (χ3n) is 2.88. The van der Waals surface area contributed by atoms with Gasteiger partial charge in [0.2, 0.25) is 0 Å². The molecule has 1 heterocycles. The van der Waals surface area contributed by atoms with Gasteiger partial charge in [-0.2, -0.15) is 0 Å². The molecular weight excluding hydrogens is 306 g/mol. The standard InChI is InChI=1S/C15H17NO3S2/c1-21(18,19)11-12-4-6-13(7-5-12)15(17)16-9-8-14-3-2-10-20-14/h2-7,10H,8-9,11H2,1H3,(H,16,17). The lowest BCUT2D eigenvalue weighted by Gasteiger charge is -2.05. The summed E-state index contributed by atoms with van der Waals surface area (Å²) >= 11 is 1.67. The molecule has 0 aliphatic rings. The van der Waals surface area contributed by atoms with Crippen LogP contribution in [0.3, 0.4) is 0 Å². The number of benzene rings is 1. The summed E-state index contributed by atoms with van der Waals surface area (Å²) in [6, 6.07) is 10.7. The van der Waals surface area contributed by atoms with Crippen LogP contribution in [0.4, 0.5) is 0 Å². The lowest BCUT2D eigenvalue weighted by atomic mass is 10.1. The molecule has 1 N–H and O–H groups in total. The molecule has 1 aromatic heterocycles. The zero-order chi connectivity index (χ0) is 15.3. The summed E-state index contributed by atoms with van der Waals surface area (Å²) in [7, 11) is -3.05. The van der Waals surface area contributed by atoms with Crippen molar-refractivity contribution in [3.8, 4) is 0 Å². The highest BCUT2D eigenvalue weighted by molar-refractivity contribution is 7.89. The molecule has 21 heavy (non-hydrogen) atoms. The summed E-state index contributed by atoms with van der Waals surface area (Å²) < 4.78 is 22.4. The Labute approximate surface area is 128 Å². The topological polar surface area (TPSA) is 63.2 Å². The maximum atomic E-state index is 11.9. The molecule has 0 spiro atoms. The molecule has 2 aromatic rings. The third kappa shape index (κ3) is 5.32. The minimum absolute atomic E-state index is 0.00667. The van der Waals surface area contributed by atoms with Crippen molar-refractivity contribution in [1.29, 1.82) is 0 Å². The first-order chi connectivity index (χ1) is 9.94. The molecule has 6 heteroatoms. The Bertz CT molecular complexity index is 689. The number of carbonyl (C=O) groups is 1. The quantitative estimate of drug-likeness (QED) is 0.887. The average Bonchev–Trinajstić information content (AvgIpc) is 2.91. The molecule has 0 unspecified atom stereocenters. The Balaban J connectivity index is 1.87. The third-order valence-corrected chi connectivity index (χ3v) is 4.68. The highest BCUT2D eigenvalue weighted by atomic mass is 32.2. The van der Waals surface area contributed by atoms with Crippen LogP contribution in [0, 0.1) is 0 Å². The van der Waals surface area contributed by atoms with E-state index >= 15 is 0 Å². The number of nitrogens with one attached hydrogen (secondary N) is 1. The van der Waals surface area contributed by atoms with Crippen molar-refractivity contribution in [1.82, 2.24) is 5.32 Å². The predicted molar refractivity (Wildman–Crippen MR) is 85.3 cm³/mol. The number of carbonyl (C=O) groups excluding carboxylic acids is 1. The predicted octanol–water partition coefficient (Wildman–Crippen LogP) is 2.27. The van der Waals surface area contributed by atoms with E-state index in [0.717, 1.165) is 6.42 Å².